The van der Waals surface area contributed by atoms with Crippen LogP contribution in [-0.4, -0.2) is 26.7 Å². The van der Waals surface area contributed by atoms with E-state index in [0.717, 1.165) is 36.1 Å². The van der Waals surface area contributed by atoms with E-state index in [4.69, 9.17) is 9.47 Å². The number of hydrogen-bond donors (Lipinski definition) is 2. The first-order chi connectivity index (χ1) is 11.3. The van der Waals surface area contributed by atoms with Crippen molar-refractivity contribution in [3.63, 3.8) is 0 Å². The van der Waals surface area contributed by atoms with Crippen LogP contribution >= 0.6 is 35.3 Å². The molecule has 0 atom stereocenters. The molecule has 2 N–H and O–H groups in total. The molecule has 0 radical (unpaired) electrons. The van der Waals surface area contributed by atoms with Crippen molar-refractivity contribution in [1.82, 2.24) is 10.6 Å². The van der Waals surface area contributed by atoms with E-state index in [1.54, 1.807) is 25.6 Å². The molecule has 0 aliphatic carbocycles. The van der Waals surface area contributed by atoms with Crippen LogP contribution in [-0.2, 0) is 13.1 Å². The molecule has 0 spiro atoms. The maximum Gasteiger partial charge on any atom is 0.191 e. The molecule has 1 aromatic heterocycles. The van der Waals surface area contributed by atoms with E-state index < -0.39 is 0 Å². The van der Waals surface area contributed by atoms with Gasteiger partial charge in [-0.15, -0.1) is 35.3 Å². The zero-order chi connectivity index (χ0) is 16.5. The third kappa shape index (κ3) is 5.86. The van der Waals surface area contributed by atoms with Crippen molar-refractivity contribution < 1.29 is 9.47 Å². The SMILES string of the molecule is CCNC(=NCc1cccc(OC)c1OC)NCc1cccs1.I. The number of nitrogens with zero attached hydrogens (tertiary/aromatic N) is 1. The van der Waals surface area contributed by atoms with E-state index in [2.05, 4.69) is 34.0 Å². The van der Waals surface area contributed by atoms with Crippen molar-refractivity contribution in [3.8, 4) is 11.5 Å². The van der Waals surface area contributed by atoms with Gasteiger partial charge < -0.3 is 20.1 Å². The Balaban J connectivity index is 0.00000288. The van der Waals surface area contributed by atoms with Gasteiger partial charge in [-0.2, -0.15) is 0 Å². The molecular formula is C17H24IN3O2S. The molecule has 132 valence electrons. The number of guanidine groups is 1. The number of halogens is 1. The van der Waals surface area contributed by atoms with Crippen molar-refractivity contribution in [2.75, 3.05) is 20.8 Å². The summed E-state index contributed by atoms with van der Waals surface area (Å²) in [6.45, 7) is 4.14. The summed E-state index contributed by atoms with van der Waals surface area (Å²) in [5, 5.41) is 8.66. The summed E-state index contributed by atoms with van der Waals surface area (Å²) in [5.41, 5.74) is 0.986. The third-order valence-electron chi connectivity index (χ3n) is 3.25. The van der Waals surface area contributed by atoms with Gasteiger partial charge in [-0.05, 0) is 24.4 Å². The number of benzene rings is 1. The highest BCUT2D eigenvalue weighted by Gasteiger charge is 2.09. The Kier molecular flexibility index (Phi) is 9.55. The average Bonchev–Trinajstić information content (AvgIpc) is 3.10. The number of aliphatic imine (C=N–C) groups is 1. The molecule has 0 aliphatic rings. The van der Waals surface area contributed by atoms with Crippen LogP contribution < -0.4 is 20.1 Å². The summed E-state index contributed by atoms with van der Waals surface area (Å²) in [7, 11) is 3.28. The Morgan fingerprint density at radius 1 is 1.12 bits per heavy atom. The molecule has 1 heterocycles. The maximum atomic E-state index is 5.45. The normalized spacial score (nSPS) is 10.7. The van der Waals surface area contributed by atoms with Gasteiger partial charge in [0.05, 0.1) is 27.3 Å². The summed E-state index contributed by atoms with van der Waals surface area (Å²) in [6, 6.07) is 9.97. The van der Waals surface area contributed by atoms with Gasteiger partial charge >= 0.3 is 0 Å². The molecule has 7 heteroatoms. The molecule has 1 aromatic carbocycles. The summed E-state index contributed by atoms with van der Waals surface area (Å²) < 4.78 is 10.8. The number of methoxy groups -OCH3 is 2. The summed E-state index contributed by atoms with van der Waals surface area (Å²) in [6.07, 6.45) is 0. The largest absolute Gasteiger partial charge is 0.493 e. The van der Waals surface area contributed by atoms with E-state index in [1.165, 1.54) is 4.88 Å². The highest BCUT2D eigenvalue weighted by molar-refractivity contribution is 14.0. The maximum absolute atomic E-state index is 5.45. The zero-order valence-corrected chi connectivity index (χ0v) is 17.3. The van der Waals surface area contributed by atoms with E-state index in [0.29, 0.717) is 6.54 Å². The standard InChI is InChI=1S/C17H23N3O2S.HI/c1-4-18-17(20-12-14-8-6-10-23-14)19-11-13-7-5-9-15(21-2)16(13)22-3;/h5-10H,4,11-12H2,1-3H3,(H2,18,19,20);1H. The fraction of sp³-hybridized carbons (Fsp3) is 0.353. The van der Waals surface area contributed by atoms with Crippen LogP contribution in [0.15, 0.2) is 40.7 Å². The molecule has 2 rings (SSSR count). The van der Waals surface area contributed by atoms with Crippen molar-refractivity contribution in [2.45, 2.75) is 20.0 Å². The second-order valence-corrected chi connectivity index (χ2v) is 5.81. The fourth-order valence-corrected chi connectivity index (χ4v) is 2.81. The predicted octanol–water partition coefficient (Wildman–Crippen LogP) is 3.64. The van der Waals surface area contributed by atoms with Gasteiger partial charge in [0, 0.05) is 17.0 Å². The Hall–Kier alpha value is -1.48. The van der Waals surface area contributed by atoms with Gasteiger partial charge in [-0.25, -0.2) is 4.99 Å². The number of para-hydroxylation sites is 1. The number of hydrogen-bond acceptors (Lipinski definition) is 4. The van der Waals surface area contributed by atoms with Crippen LogP contribution in [0.25, 0.3) is 0 Å². The van der Waals surface area contributed by atoms with Crippen LogP contribution in [0.5, 0.6) is 11.5 Å². The number of ether oxygens (including phenoxy) is 2. The molecule has 24 heavy (non-hydrogen) atoms. The van der Waals surface area contributed by atoms with E-state index >= 15 is 0 Å². The minimum absolute atomic E-state index is 0. The Morgan fingerprint density at radius 2 is 1.96 bits per heavy atom. The highest BCUT2D eigenvalue weighted by atomic mass is 127. The van der Waals surface area contributed by atoms with Gasteiger partial charge in [0.1, 0.15) is 0 Å². The third-order valence-corrected chi connectivity index (χ3v) is 4.12. The number of thiophene rings is 1. The first-order valence-corrected chi connectivity index (χ1v) is 8.40. The van der Waals surface area contributed by atoms with E-state index in [1.807, 2.05) is 24.3 Å². The lowest BCUT2D eigenvalue weighted by molar-refractivity contribution is 0.352. The number of rotatable bonds is 7. The van der Waals surface area contributed by atoms with E-state index in [9.17, 15) is 0 Å². The van der Waals surface area contributed by atoms with Gasteiger partial charge in [0.25, 0.3) is 0 Å². The van der Waals surface area contributed by atoms with Gasteiger partial charge in [0.15, 0.2) is 17.5 Å². The van der Waals surface area contributed by atoms with Gasteiger partial charge in [-0.3, -0.25) is 0 Å². The Labute approximate surface area is 164 Å². The zero-order valence-electron chi connectivity index (χ0n) is 14.2. The molecule has 0 saturated carbocycles. The van der Waals surface area contributed by atoms with Gasteiger partial charge in [0.2, 0.25) is 0 Å². The second-order valence-electron chi connectivity index (χ2n) is 4.78. The van der Waals surface area contributed by atoms with Crippen LogP contribution in [0, 0.1) is 0 Å². The first-order valence-electron chi connectivity index (χ1n) is 7.53. The van der Waals surface area contributed by atoms with Crippen molar-refractivity contribution >= 4 is 41.3 Å². The van der Waals surface area contributed by atoms with E-state index in [-0.39, 0.29) is 24.0 Å². The van der Waals surface area contributed by atoms with Gasteiger partial charge in [-0.1, -0.05) is 18.2 Å². The van der Waals surface area contributed by atoms with Crippen LogP contribution in [0.4, 0.5) is 0 Å². The van der Waals surface area contributed by atoms with Crippen molar-refractivity contribution in [3.05, 3.63) is 46.2 Å². The predicted molar refractivity (Wildman–Crippen MR) is 111 cm³/mol. The monoisotopic (exact) mass is 461 g/mol. The molecule has 0 saturated heterocycles. The lowest BCUT2D eigenvalue weighted by Crippen LogP contribution is -2.36. The minimum atomic E-state index is 0. The lowest BCUT2D eigenvalue weighted by atomic mass is 10.2. The van der Waals surface area contributed by atoms with Crippen molar-refractivity contribution in [1.29, 1.82) is 0 Å². The van der Waals surface area contributed by atoms with Crippen molar-refractivity contribution in [2.24, 2.45) is 4.99 Å². The molecule has 0 bridgehead atoms. The highest BCUT2D eigenvalue weighted by Crippen LogP contribution is 2.31. The molecule has 5 nitrogen and oxygen atoms in total. The van der Waals surface area contributed by atoms with Crippen LogP contribution in [0.2, 0.25) is 0 Å². The lowest BCUT2D eigenvalue weighted by Gasteiger charge is -2.13. The van der Waals surface area contributed by atoms with Crippen LogP contribution in [0.3, 0.4) is 0 Å². The first kappa shape index (κ1) is 20.6. The summed E-state index contributed by atoms with van der Waals surface area (Å²) >= 11 is 1.73. The molecule has 0 unspecified atom stereocenters. The Morgan fingerprint density at radius 3 is 2.58 bits per heavy atom. The smallest absolute Gasteiger partial charge is 0.191 e. The topological polar surface area (TPSA) is 54.9 Å². The Bertz CT molecular complexity index is 633. The summed E-state index contributed by atoms with van der Waals surface area (Å²) in [5.74, 6) is 2.23. The fourth-order valence-electron chi connectivity index (χ4n) is 2.17. The molecule has 0 amide bonds. The number of nitrogens with one attached hydrogen (secondary N) is 2. The molecule has 0 aliphatic heterocycles. The molecule has 2 aromatic rings. The summed E-state index contributed by atoms with van der Waals surface area (Å²) in [4.78, 5) is 5.90. The molecular weight excluding hydrogens is 437 g/mol. The minimum Gasteiger partial charge on any atom is -0.493 e. The average molecular weight is 461 g/mol. The quantitative estimate of drug-likeness (QED) is 0.376. The van der Waals surface area contributed by atoms with Crippen LogP contribution in [0.1, 0.15) is 17.4 Å². The second kappa shape index (κ2) is 11.1. The molecule has 0 fully saturated rings.